The van der Waals surface area contributed by atoms with Crippen molar-refractivity contribution in [3.05, 3.63) is 56.7 Å². The minimum Gasteiger partial charge on any atom is -0.456 e. The van der Waals surface area contributed by atoms with Gasteiger partial charge in [-0.1, -0.05) is 6.07 Å². The number of rotatable bonds is 3. The second-order valence-electron chi connectivity index (χ2n) is 4.16. The van der Waals surface area contributed by atoms with Crippen LogP contribution in [0.3, 0.4) is 0 Å². The quantitative estimate of drug-likeness (QED) is 0.787. The fourth-order valence-corrected chi connectivity index (χ4v) is 2.39. The SMILES string of the molecule is CC(N)c1ccc(Oc2ccc(F)c(Br)c2)c(Br)c1. The van der Waals surface area contributed by atoms with Crippen LogP contribution in [0.1, 0.15) is 18.5 Å². The fraction of sp³-hybridized carbons (Fsp3) is 0.143. The van der Waals surface area contributed by atoms with Crippen LogP contribution in [0.2, 0.25) is 0 Å². The van der Waals surface area contributed by atoms with Crippen molar-refractivity contribution in [3.8, 4) is 11.5 Å². The zero-order valence-corrected chi connectivity index (χ0v) is 13.3. The fourth-order valence-electron chi connectivity index (χ4n) is 1.55. The van der Waals surface area contributed by atoms with Crippen LogP contribution in [-0.2, 0) is 0 Å². The molecule has 0 aromatic heterocycles. The molecular weight excluding hydrogens is 377 g/mol. The van der Waals surface area contributed by atoms with Gasteiger partial charge in [-0.05, 0) is 74.7 Å². The molecule has 0 aliphatic rings. The highest BCUT2D eigenvalue weighted by Gasteiger charge is 2.08. The second kappa shape index (κ2) is 6.03. The number of halogens is 3. The lowest BCUT2D eigenvalue weighted by atomic mass is 10.1. The van der Waals surface area contributed by atoms with Crippen molar-refractivity contribution >= 4 is 31.9 Å². The Bertz CT molecular complexity index is 602. The summed E-state index contributed by atoms with van der Waals surface area (Å²) in [6.07, 6.45) is 0. The number of benzene rings is 2. The van der Waals surface area contributed by atoms with Crippen LogP contribution < -0.4 is 10.5 Å². The lowest BCUT2D eigenvalue weighted by Crippen LogP contribution is -2.04. The van der Waals surface area contributed by atoms with Crippen molar-refractivity contribution in [2.24, 2.45) is 5.73 Å². The summed E-state index contributed by atoms with van der Waals surface area (Å²) < 4.78 is 20.0. The Hall–Kier alpha value is -0.910. The molecule has 2 rings (SSSR count). The van der Waals surface area contributed by atoms with Gasteiger partial charge in [-0.25, -0.2) is 4.39 Å². The van der Waals surface area contributed by atoms with E-state index in [1.54, 1.807) is 12.1 Å². The molecule has 0 aliphatic carbocycles. The Morgan fingerprint density at radius 3 is 2.42 bits per heavy atom. The third-order valence-corrected chi connectivity index (χ3v) is 3.83. The third kappa shape index (κ3) is 3.55. The first-order chi connectivity index (χ1) is 8.97. The Morgan fingerprint density at radius 2 is 1.84 bits per heavy atom. The van der Waals surface area contributed by atoms with Gasteiger partial charge in [-0.2, -0.15) is 0 Å². The molecule has 1 atom stereocenters. The third-order valence-electron chi connectivity index (χ3n) is 2.60. The van der Waals surface area contributed by atoms with Crippen LogP contribution in [0.15, 0.2) is 45.3 Å². The summed E-state index contributed by atoms with van der Waals surface area (Å²) in [7, 11) is 0. The van der Waals surface area contributed by atoms with Crippen molar-refractivity contribution in [2.75, 3.05) is 0 Å². The van der Waals surface area contributed by atoms with Gasteiger partial charge in [0.15, 0.2) is 0 Å². The van der Waals surface area contributed by atoms with Gasteiger partial charge in [0.2, 0.25) is 0 Å². The van der Waals surface area contributed by atoms with Gasteiger partial charge in [-0.15, -0.1) is 0 Å². The normalized spacial score (nSPS) is 12.3. The van der Waals surface area contributed by atoms with Gasteiger partial charge in [0.05, 0.1) is 8.95 Å². The summed E-state index contributed by atoms with van der Waals surface area (Å²) in [5.74, 6) is 0.893. The van der Waals surface area contributed by atoms with Gasteiger partial charge in [0.1, 0.15) is 17.3 Å². The highest BCUT2D eigenvalue weighted by Crippen LogP contribution is 2.33. The number of hydrogen-bond acceptors (Lipinski definition) is 2. The van der Waals surface area contributed by atoms with E-state index in [-0.39, 0.29) is 11.9 Å². The minimum atomic E-state index is -0.321. The minimum absolute atomic E-state index is 0.0367. The highest BCUT2D eigenvalue weighted by molar-refractivity contribution is 9.10. The van der Waals surface area contributed by atoms with Gasteiger partial charge < -0.3 is 10.5 Å². The molecule has 0 amide bonds. The summed E-state index contributed by atoms with van der Waals surface area (Å²) in [6, 6.07) is 10.1. The van der Waals surface area contributed by atoms with E-state index in [1.807, 2.05) is 25.1 Å². The molecule has 0 saturated heterocycles. The molecule has 0 saturated carbocycles. The Balaban J connectivity index is 2.25. The average molecular weight is 389 g/mol. The predicted molar refractivity (Wildman–Crippen MR) is 80.9 cm³/mol. The maximum absolute atomic E-state index is 13.1. The monoisotopic (exact) mass is 387 g/mol. The lowest BCUT2D eigenvalue weighted by Gasteiger charge is -2.11. The summed E-state index contributed by atoms with van der Waals surface area (Å²) in [6.45, 7) is 1.92. The highest BCUT2D eigenvalue weighted by atomic mass is 79.9. The molecule has 0 radical (unpaired) electrons. The van der Waals surface area contributed by atoms with Crippen LogP contribution in [0.4, 0.5) is 4.39 Å². The number of nitrogens with two attached hydrogens (primary N) is 1. The van der Waals surface area contributed by atoms with Gasteiger partial charge in [-0.3, -0.25) is 0 Å². The van der Waals surface area contributed by atoms with E-state index in [0.717, 1.165) is 10.0 Å². The second-order valence-corrected chi connectivity index (χ2v) is 5.87. The van der Waals surface area contributed by atoms with Crippen molar-refractivity contribution in [1.82, 2.24) is 0 Å². The molecule has 2 N–H and O–H groups in total. The van der Waals surface area contributed by atoms with E-state index in [1.165, 1.54) is 6.07 Å². The molecule has 1 unspecified atom stereocenters. The van der Waals surface area contributed by atoms with E-state index in [2.05, 4.69) is 31.9 Å². The van der Waals surface area contributed by atoms with Crippen molar-refractivity contribution in [3.63, 3.8) is 0 Å². The predicted octanol–water partition coefficient (Wildman–Crippen LogP) is 5.16. The van der Waals surface area contributed by atoms with Crippen LogP contribution in [0, 0.1) is 5.82 Å². The van der Waals surface area contributed by atoms with Gasteiger partial charge in [0.25, 0.3) is 0 Å². The van der Waals surface area contributed by atoms with Crippen molar-refractivity contribution < 1.29 is 9.13 Å². The first kappa shape index (κ1) is 14.5. The summed E-state index contributed by atoms with van der Waals surface area (Å²) in [5.41, 5.74) is 6.83. The smallest absolute Gasteiger partial charge is 0.141 e. The van der Waals surface area contributed by atoms with E-state index in [9.17, 15) is 4.39 Å². The molecule has 0 spiro atoms. The van der Waals surface area contributed by atoms with Crippen LogP contribution in [-0.4, -0.2) is 0 Å². The number of hydrogen-bond donors (Lipinski definition) is 1. The molecule has 2 aromatic rings. The molecular formula is C14H12Br2FNO. The zero-order chi connectivity index (χ0) is 14.0. The topological polar surface area (TPSA) is 35.2 Å². The maximum Gasteiger partial charge on any atom is 0.141 e. The Morgan fingerprint density at radius 1 is 1.11 bits per heavy atom. The molecule has 100 valence electrons. The van der Waals surface area contributed by atoms with Crippen LogP contribution in [0.5, 0.6) is 11.5 Å². The zero-order valence-electron chi connectivity index (χ0n) is 10.2. The lowest BCUT2D eigenvalue weighted by molar-refractivity contribution is 0.476. The molecule has 19 heavy (non-hydrogen) atoms. The maximum atomic E-state index is 13.1. The van der Waals surface area contributed by atoms with E-state index >= 15 is 0 Å². The summed E-state index contributed by atoms with van der Waals surface area (Å²) in [5, 5.41) is 0. The van der Waals surface area contributed by atoms with Crippen LogP contribution >= 0.6 is 31.9 Å². The van der Waals surface area contributed by atoms with E-state index in [0.29, 0.717) is 16.0 Å². The standard InChI is InChI=1S/C14H12Br2FNO/c1-8(18)9-2-5-14(12(16)6-9)19-10-3-4-13(17)11(15)7-10/h2-8H,18H2,1H3. The van der Waals surface area contributed by atoms with Crippen molar-refractivity contribution in [2.45, 2.75) is 13.0 Å². The molecule has 2 nitrogen and oxygen atoms in total. The van der Waals surface area contributed by atoms with Crippen LogP contribution in [0.25, 0.3) is 0 Å². The van der Waals surface area contributed by atoms with Gasteiger partial charge in [0, 0.05) is 6.04 Å². The van der Waals surface area contributed by atoms with E-state index in [4.69, 9.17) is 10.5 Å². The average Bonchev–Trinajstić information content (AvgIpc) is 2.36. The summed E-state index contributed by atoms with van der Waals surface area (Å²) >= 11 is 6.56. The largest absolute Gasteiger partial charge is 0.456 e. The van der Waals surface area contributed by atoms with Crippen molar-refractivity contribution in [1.29, 1.82) is 0 Å². The molecule has 2 aromatic carbocycles. The molecule has 0 bridgehead atoms. The summed E-state index contributed by atoms with van der Waals surface area (Å²) in [4.78, 5) is 0. The molecule has 0 aliphatic heterocycles. The Kier molecular flexibility index (Phi) is 4.60. The van der Waals surface area contributed by atoms with Gasteiger partial charge >= 0.3 is 0 Å². The van der Waals surface area contributed by atoms with E-state index < -0.39 is 0 Å². The first-order valence-corrected chi connectivity index (χ1v) is 7.24. The Labute approximate surface area is 128 Å². The molecule has 0 fully saturated rings. The molecule has 5 heteroatoms. The number of ether oxygens (including phenoxy) is 1. The first-order valence-electron chi connectivity index (χ1n) is 5.65. The molecule has 0 heterocycles.